The summed E-state index contributed by atoms with van der Waals surface area (Å²) in [5.74, 6) is 1.99. The van der Waals surface area contributed by atoms with Gasteiger partial charge in [0.05, 0.1) is 7.11 Å². The molecule has 110 valence electrons. The summed E-state index contributed by atoms with van der Waals surface area (Å²) in [4.78, 5) is 2.66. The highest BCUT2D eigenvalue weighted by atomic mass is 16.5. The van der Waals surface area contributed by atoms with Gasteiger partial charge in [-0.1, -0.05) is 13.0 Å². The maximum atomic E-state index is 5.55. The number of piperidine rings is 1. The van der Waals surface area contributed by atoms with Crippen molar-refractivity contribution in [1.29, 1.82) is 0 Å². The molecule has 1 aliphatic heterocycles. The summed E-state index contributed by atoms with van der Waals surface area (Å²) in [5.41, 5.74) is 2.70. The number of likely N-dealkylation sites (tertiary alicyclic amines) is 1. The van der Waals surface area contributed by atoms with Crippen molar-refractivity contribution in [2.45, 2.75) is 45.3 Å². The van der Waals surface area contributed by atoms with Crippen LogP contribution in [0.1, 0.15) is 37.3 Å². The van der Waals surface area contributed by atoms with Gasteiger partial charge in [0.25, 0.3) is 0 Å². The average Bonchev–Trinajstić information content (AvgIpc) is 3.08. The van der Waals surface area contributed by atoms with Crippen LogP contribution < -0.4 is 10.1 Å². The minimum atomic E-state index is 0.821. The third kappa shape index (κ3) is 2.84. The minimum absolute atomic E-state index is 0.821. The molecule has 1 aliphatic carbocycles. The number of nitrogens with one attached hydrogen (secondary N) is 1. The molecule has 0 amide bonds. The molecule has 1 saturated carbocycles. The second-order valence-electron chi connectivity index (χ2n) is 6.19. The fraction of sp³-hybridized carbons (Fsp3) is 0.647. The first-order valence-corrected chi connectivity index (χ1v) is 7.90. The van der Waals surface area contributed by atoms with E-state index >= 15 is 0 Å². The van der Waals surface area contributed by atoms with Crippen molar-refractivity contribution in [2.24, 2.45) is 5.92 Å². The summed E-state index contributed by atoms with van der Waals surface area (Å²) < 4.78 is 5.55. The standard InChI is InChI=1S/C17H26N2O/c1-3-18-10-13-5-7-17(20-2)15(8-13)12-19-11-14-4-6-16(19)9-14/h5,7-8,14,16,18H,3-4,6,9-12H2,1-2H3. The van der Waals surface area contributed by atoms with Crippen molar-refractivity contribution in [1.82, 2.24) is 10.2 Å². The fourth-order valence-electron chi connectivity index (χ4n) is 3.77. The van der Waals surface area contributed by atoms with Crippen molar-refractivity contribution < 1.29 is 4.74 Å². The highest BCUT2D eigenvalue weighted by Crippen LogP contribution is 2.38. The van der Waals surface area contributed by atoms with Crippen LogP contribution in [0.3, 0.4) is 0 Å². The van der Waals surface area contributed by atoms with Crippen molar-refractivity contribution >= 4 is 0 Å². The molecular formula is C17H26N2O. The number of ether oxygens (including phenoxy) is 1. The summed E-state index contributed by atoms with van der Waals surface area (Å²) in [5, 5.41) is 3.40. The van der Waals surface area contributed by atoms with Gasteiger partial charge in [0.15, 0.2) is 0 Å². The number of benzene rings is 1. The van der Waals surface area contributed by atoms with Crippen LogP contribution in [0.15, 0.2) is 18.2 Å². The van der Waals surface area contributed by atoms with Gasteiger partial charge >= 0.3 is 0 Å². The lowest BCUT2D eigenvalue weighted by Gasteiger charge is -2.27. The van der Waals surface area contributed by atoms with Gasteiger partial charge in [-0.15, -0.1) is 0 Å². The summed E-state index contributed by atoms with van der Waals surface area (Å²) in [6.45, 7) is 6.43. The molecule has 1 heterocycles. The Hall–Kier alpha value is -1.06. The topological polar surface area (TPSA) is 24.5 Å². The molecule has 0 spiro atoms. The second kappa shape index (κ2) is 6.15. The second-order valence-corrected chi connectivity index (χ2v) is 6.19. The third-order valence-electron chi connectivity index (χ3n) is 4.82. The molecule has 2 aliphatic rings. The van der Waals surface area contributed by atoms with E-state index < -0.39 is 0 Å². The van der Waals surface area contributed by atoms with E-state index in [1.54, 1.807) is 7.11 Å². The first kappa shape index (κ1) is 13.9. The van der Waals surface area contributed by atoms with Gasteiger partial charge < -0.3 is 10.1 Å². The van der Waals surface area contributed by atoms with Gasteiger partial charge in [-0.05, 0) is 49.4 Å². The highest BCUT2D eigenvalue weighted by molar-refractivity contribution is 5.37. The van der Waals surface area contributed by atoms with Crippen molar-refractivity contribution in [2.75, 3.05) is 20.2 Å². The lowest BCUT2D eigenvalue weighted by atomic mass is 10.1. The van der Waals surface area contributed by atoms with E-state index in [1.807, 2.05) is 0 Å². The van der Waals surface area contributed by atoms with Crippen LogP contribution in [0.4, 0.5) is 0 Å². The van der Waals surface area contributed by atoms with Gasteiger partial charge in [-0.3, -0.25) is 4.90 Å². The summed E-state index contributed by atoms with van der Waals surface area (Å²) in [6, 6.07) is 7.42. The first-order chi connectivity index (χ1) is 9.80. The van der Waals surface area contributed by atoms with Crippen molar-refractivity contribution in [3.8, 4) is 5.75 Å². The lowest BCUT2D eigenvalue weighted by Crippen LogP contribution is -2.31. The molecule has 1 saturated heterocycles. The molecule has 2 atom stereocenters. The number of hydrogen-bond acceptors (Lipinski definition) is 3. The molecule has 20 heavy (non-hydrogen) atoms. The van der Waals surface area contributed by atoms with Crippen LogP contribution in [0, 0.1) is 5.92 Å². The minimum Gasteiger partial charge on any atom is -0.496 e. The molecule has 2 fully saturated rings. The number of nitrogens with zero attached hydrogens (tertiary/aromatic N) is 1. The van der Waals surface area contributed by atoms with E-state index in [4.69, 9.17) is 4.74 Å². The molecule has 1 aromatic carbocycles. The van der Waals surface area contributed by atoms with Crippen LogP contribution >= 0.6 is 0 Å². The SMILES string of the molecule is CCNCc1ccc(OC)c(CN2CC3CCC2C3)c1. The fourth-order valence-corrected chi connectivity index (χ4v) is 3.77. The smallest absolute Gasteiger partial charge is 0.123 e. The Balaban J connectivity index is 1.72. The normalized spacial score (nSPS) is 25.3. The largest absolute Gasteiger partial charge is 0.496 e. The molecule has 0 aromatic heterocycles. The van der Waals surface area contributed by atoms with Crippen molar-refractivity contribution in [3.63, 3.8) is 0 Å². The highest BCUT2D eigenvalue weighted by Gasteiger charge is 2.37. The summed E-state index contributed by atoms with van der Waals surface area (Å²) >= 11 is 0. The molecular weight excluding hydrogens is 248 g/mol. The summed E-state index contributed by atoms with van der Waals surface area (Å²) in [6.07, 6.45) is 4.25. The number of rotatable bonds is 6. The Labute approximate surface area is 122 Å². The maximum absolute atomic E-state index is 5.55. The van der Waals surface area contributed by atoms with E-state index in [9.17, 15) is 0 Å². The van der Waals surface area contributed by atoms with Crippen LogP contribution in [0.25, 0.3) is 0 Å². The molecule has 3 rings (SSSR count). The van der Waals surface area contributed by atoms with Gasteiger partial charge in [0, 0.05) is 31.2 Å². The average molecular weight is 274 g/mol. The third-order valence-corrected chi connectivity index (χ3v) is 4.82. The lowest BCUT2D eigenvalue weighted by molar-refractivity contribution is 0.203. The van der Waals surface area contributed by atoms with E-state index in [0.717, 1.165) is 37.3 Å². The van der Waals surface area contributed by atoms with E-state index in [-0.39, 0.29) is 0 Å². The van der Waals surface area contributed by atoms with Crippen LogP contribution in [-0.4, -0.2) is 31.1 Å². The molecule has 2 unspecified atom stereocenters. The summed E-state index contributed by atoms with van der Waals surface area (Å²) in [7, 11) is 1.78. The van der Waals surface area contributed by atoms with E-state index in [1.165, 1.54) is 36.9 Å². The van der Waals surface area contributed by atoms with Gasteiger partial charge in [0.1, 0.15) is 5.75 Å². The Morgan fingerprint density at radius 1 is 1.35 bits per heavy atom. The zero-order valence-corrected chi connectivity index (χ0v) is 12.7. The Morgan fingerprint density at radius 3 is 2.90 bits per heavy atom. The van der Waals surface area contributed by atoms with E-state index in [0.29, 0.717) is 0 Å². The molecule has 1 aromatic rings. The number of methoxy groups -OCH3 is 1. The van der Waals surface area contributed by atoms with Crippen LogP contribution in [0.2, 0.25) is 0 Å². The zero-order valence-electron chi connectivity index (χ0n) is 12.7. The maximum Gasteiger partial charge on any atom is 0.123 e. The zero-order chi connectivity index (χ0) is 13.9. The monoisotopic (exact) mass is 274 g/mol. The first-order valence-electron chi connectivity index (χ1n) is 7.90. The van der Waals surface area contributed by atoms with Gasteiger partial charge in [-0.2, -0.15) is 0 Å². The van der Waals surface area contributed by atoms with Gasteiger partial charge in [0.2, 0.25) is 0 Å². The predicted octanol–water partition coefficient (Wildman–Crippen LogP) is 2.79. The Morgan fingerprint density at radius 2 is 2.25 bits per heavy atom. The van der Waals surface area contributed by atoms with E-state index in [2.05, 4.69) is 35.3 Å². The van der Waals surface area contributed by atoms with Crippen LogP contribution in [-0.2, 0) is 13.1 Å². The quantitative estimate of drug-likeness (QED) is 0.863. The number of hydrogen-bond donors (Lipinski definition) is 1. The number of fused-ring (bicyclic) bond motifs is 2. The van der Waals surface area contributed by atoms with Crippen molar-refractivity contribution in [3.05, 3.63) is 29.3 Å². The molecule has 2 bridgehead atoms. The molecule has 3 nitrogen and oxygen atoms in total. The molecule has 1 N–H and O–H groups in total. The van der Waals surface area contributed by atoms with Crippen LogP contribution in [0.5, 0.6) is 5.75 Å². The Kier molecular flexibility index (Phi) is 4.27. The Bertz CT molecular complexity index is 460. The molecule has 0 radical (unpaired) electrons. The predicted molar refractivity (Wildman–Crippen MR) is 81.9 cm³/mol. The van der Waals surface area contributed by atoms with Gasteiger partial charge in [-0.25, -0.2) is 0 Å². The molecule has 3 heteroatoms.